The lowest BCUT2D eigenvalue weighted by atomic mass is 9.96. The number of pyridine rings is 1. The van der Waals surface area contributed by atoms with Crippen LogP contribution in [0.2, 0.25) is 0 Å². The van der Waals surface area contributed by atoms with Gasteiger partial charge in [-0.2, -0.15) is 0 Å². The zero-order valence-corrected chi connectivity index (χ0v) is 21.8. The van der Waals surface area contributed by atoms with Gasteiger partial charge < -0.3 is 10.1 Å². The maximum atomic E-state index is 13.8. The molecule has 4 aromatic rings. The summed E-state index contributed by atoms with van der Waals surface area (Å²) in [6.07, 6.45) is 6.24. The second-order valence-corrected chi connectivity index (χ2v) is 10.6. The van der Waals surface area contributed by atoms with Gasteiger partial charge >= 0.3 is 5.97 Å². The van der Waals surface area contributed by atoms with E-state index in [2.05, 4.69) is 37.4 Å². The number of esters is 1. The van der Waals surface area contributed by atoms with Crippen LogP contribution in [0.25, 0.3) is 22.2 Å². The summed E-state index contributed by atoms with van der Waals surface area (Å²) in [6, 6.07) is 15.8. The fraction of sp³-hybridized carbons (Fsp3) is 0.300. The molecule has 1 amide bonds. The second-order valence-electron chi connectivity index (χ2n) is 9.46. The number of nitrogens with zero attached hydrogens (tertiary/aromatic N) is 1. The van der Waals surface area contributed by atoms with Crippen LogP contribution in [0.3, 0.4) is 0 Å². The van der Waals surface area contributed by atoms with Crippen LogP contribution in [0.4, 0.5) is 5.00 Å². The van der Waals surface area contributed by atoms with Crippen LogP contribution in [0, 0.1) is 13.8 Å². The summed E-state index contributed by atoms with van der Waals surface area (Å²) in [4.78, 5) is 32.7. The van der Waals surface area contributed by atoms with E-state index in [0.717, 1.165) is 65.4 Å². The summed E-state index contributed by atoms with van der Waals surface area (Å²) < 4.78 is 5.14. The van der Waals surface area contributed by atoms with Gasteiger partial charge in [0.1, 0.15) is 5.00 Å². The van der Waals surface area contributed by atoms with Gasteiger partial charge in [-0.05, 0) is 62.8 Å². The lowest BCUT2D eigenvalue weighted by Gasteiger charge is -2.13. The molecule has 0 radical (unpaired) electrons. The normalized spacial score (nSPS) is 13.5. The van der Waals surface area contributed by atoms with Crippen molar-refractivity contribution in [2.75, 3.05) is 12.4 Å². The van der Waals surface area contributed by atoms with Gasteiger partial charge in [-0.25, -0.2) is 9.78 Å². The van der Waals surface area contributed by atoms with Gasteiger partial charge in [0.25, 0.3) is 5.91 Å². The number of aromatic nitrogens is 1. The minimum absolute atomic E-state index is 0.251. The molecule has 2 aromatic carbocycles. The Balaban J connectivity index is 1.59. The topological polar surface area (TPSA) is 68.3 Å². The van der Waals surface area contributed by atoms with E-state index in [4.69, 9.17) is 9.72 Å². The van der Waals surface area contributed by atoms with E-state index in [-0.39, 0.29) is 11.9 Å². The van der Waals surface area contributed by atoms with Gasteiger partial charge in [-0.1, -0.05) is 54.8 Å². The van der Waals surface area contributed by atoms with Crippen LogP contribution in [-0.4, -0.2) is 24.0 Å². The van der Waals surface area contributed by atoms with Crippen LogP contribution in [-0.2, 0) is 17.6 Å². The first-order valence-corrected chi connectivity index (χ1v) is 13.3. The molecule has 0 saturated carbocycles. The predicted octanol–water partition coefficient (Wildman–Crippen LogP) is 7.28. The summed E-state index contributed by atoms with van der Waals surface area (Å²) in [5, 5.41) is 4.44. The van der Waals surface area contributed by atoms with Crippen molar-refractivity contribution in [3.63, 3.8) is 0 Å². The highest BCUT2D eigenvalue weighted by molar-refractivity contribution is 7.17. The van der Waals surface area contributed by atoms with Crippen molar-refractivity contribution in [1.29, 1.82) is 0 Å². The third-order valence-corrected chi connectivity index (χ3v) is 8.11. The maximum absolute atomic E-state index is 13.8. The fourth-order valence-electron chi connectivity index (χ4n) is 5.10. The Bertz CT molecular complexity index is 1470. The molecule has 1 aliphatic rings. The number of para-hydroxylation sites is 1. The maximum Gasteiger partial charge on any atom is 0.341 e. The predicted molar refractivity (Wildman–Crippen MR) is 146 cm³/mol. The van der Waals surface area contributed by atoms with E-state index in [9.17, 15) is 9.59 Å². The molecular weight excluding hydrogens is 468 g/mol. The minimum atomic E-state index is -0.390. The minimum Gasteiger partial charge on any atom is -0.465 e. The Kier molecular flexibility index (Phi) is 6.88. The van der Waals surface area contributed by atoms with Crippen molar-refractivity contribution >= 4 is 39.1 Å². The van der Waals surface area contributed by atoms with E-state index in [1.54, 1.807) is 0 Å². The second kappa shape index (κ2) is 10.2. The highest BCUT2D eigenvalue weighted by Crippen LogP contribution is 2.38. The first kappa shape index (κ1) is 24.2. The van der Waals surface area contributed by atoms with Crippen LogP contribution in [0.15, 0.2) is 48.5 Å². The van der Waals surface area contributed by atoms with Crippen LogP contribution in [0.5, 0.6) is 0 Å². The molecule has 0 unspecified atom stereocenters. The van der Waals surface area contributed by atoms with E-state index in [0.29, 0.717) is 16.1 Å². The Morgan fingerprint density at radius 3 is 2.53 bits per heavy atom. The molecule has 1 aliphatic carbocycles. The number of carbonyl (C=O) groups is 2. The molecule has 36 heavy (non-hydrogen) atoms. The molecule has 0 fully saturated rings. The molecule has 0 spiro atoms. The van der Waals surface area contributed by atoms with E-state index in [1.807, 2.05) is 30.3 Å². The molecule has 0 aliphatic heterocycles. The van der Waals surface area contributed by atoms with Gasteiger partial charge in [0, 0.05) is 15.8 Å². The number of amides is 1. The molecule has 6 heteroatoms. The number of ether oxygens (including phenoxy) is 1. The molecular formula is C30H30N2O3S. The fourth-order valence-corrected chi connectivity index (χ4v) is 6.37. The number of carbonyl (C=O) groups excluding carboxylic acids is 2. The average molecular weight is 499 g/mol. The standard InChI is InChI=1S/C30H30N2O3S/c1-18-14-15-20(19(2)16-18)25-17-23(21-10-8-9-12-24(21)31-25)28(33)32-29-27(30(34)35-3)22-11-6-4-5-7-13-26(22)36-29/h8-10,12,14-17H,4-7,11,13H2,1-3H3,(H,32,33). The number of rotatable bonds is 4. The zero-order valence-electron chi connectivity index (χ0n) is 20.9. The van der Waals surface area contributed by atoms with Crippen molar-refractivity contribution in [2.24, 2.45) is 0 Å². The number of hydrogen-bond donors (Lipinski definition) is 1. The third kappa shape index (κ3) is 4.65. The largest absolute Gasteiger partial charge is 0.465 e. The van der Waals surface area contributed by atoms with E-state index < -0.39 is 0 Å². The first-order valence-electron chi connectivity index (χ1n) is 12.5. The molecule has 1 N–H and O–H groups in total. The first-order chi connectivity index (χ1) is 17.5. The summed E-state index contributed by atoms with van der Waals surface area (Å²) >= 11 is 1.51. The highest BCUT2D eigenvalue weighted by atomic mass is 32.1. The lowest BCUT2D eigenvalue weighted by Crippen LogP contribution is -2.15. The smallest absolute Gasteiger partial charge is 0.341 e. The number of benzene rings is 2. The lowest BCUT2D eigenvalue weighted by molar-refractivity contribution is 0.0601. The summed E-state index contributed by atoms with van der Waals surface area (Å²) in [5.74, 6) is -0.641. The average Bonchev–Trinajstić information content (AvgIpc) is 3.18. The Hall–Kier alpha value is -3.51. The van der Waals surface area contributed by atoms with Crippen molar-refractivity contribution in [3.05, 3.63) is 81.2 Å². The third-order valence-electron chi connectivity index (χ3n) is 6.91. The number of aryl methyl sites for hydroxylation is 3. The van der Waals surface area contributed by atoms with Crippen LogP contribution >= 0.6 is 11.3 Å². The molecule has 0 atom stereocenters. The molecule has 184 valence electrons. The zero-order chi connectivity index (χ0) is 25.2. The molecule has 0 saturated heterocycles. The van der Waals surface area contributed by atoms with Gasteiger partial charge in [0.2, 0.25) is 0 Å². The SMILES string of the molecule is COC(=O)c1c(NC(=O)c2cc(-c3ccc(C)cc3C)nc3ccccc23)sc2c1CCCCCC2. The molecule has 2 heterocycles. The molecule has 0 bridgehead atoms. The Morgan fingerprint density at radius 2 is 1.75 bits per heavy atom. The van der Waals surface area contributed by atoms with Gasteiger partial charge in [-0.3, -0.25) is 4.79 Å². The summed E-state index contributed by atoms with van der Waals surface area (Å²) in [7, 11) is 1.40. The monoisotopic (exact) mass is 498 g/mol. The molecule has 5 rings (SSSR count). The van der Waals surface area contributed by atoms with Gasteiger partial charge in [-0.15, -0.1) is 11.3 Å². The van der Waals surface area contributed by atoms with Crippen molar-refractivity contribution in [3.8, 4) is 11.3 Å². The Morgan fingerprint density at radius 1 is 0.972 bits per heavy atom. The van der Waals surface area contributed by atoms with Crippen LogP contribution < -0.4 is 5.32 Å². The number of thiophene rings is 1. The number of nitrogens with one attached hydrogen (secondary N) is 1. The van der Waals surface area contributed by atoms with E-state index >= 15 is 0 Å². The van der Waals surface area contributed by atoms with Crippen LogP contribution in [0.1, 0.15) is 68.0 Å². The van der Waals surface area contributed by atoms with E-state index in [1.165, 1.54) is 35.3 Å². The Labute approximate surface area is 215 Å². The van der Waals surface area contributed by atoms with Gasteiger partial charge in [0.15, 0.2) is 0 Å². The number of anilines is 1. The number of hydrogen-bond acceptors (Lipinski definition) is 5. The van der Waals surface area contributed by atoms with Crippen molar-refractivity contribution in [2.45, 2.75) is 52.4 Å². The number of methoxy groups -OCH3 is 1. The quantitative estimate of drug-likeness (QED) is 0.300. The molecule has 2 aromatic heterocycles. The van der Waals surface area contributed by atoms with Crippen molar-refractivity contribution in [1.82, 2.24) is 4.98 Å². The summed E-state index contributed by atoms with van der Waals surface area (Å²) in [6.45, 7) is 4.12. The van der Waals surface area contributed by atoms with Gasteiger partial charge in [0.05, 0.1) is 29.4 Å². The van der Waals surface area contributed by atoms with Crippen molar-refractivity contribution < 1.29 is 14.3 Å². The number of fused-ring (bicyclic) bond motifs is 2. The molecule has 5 nitrogen and oxygen atoms in total. The summed E-state index contributed by atoms with van der Waals surface area (Å²) in [5.41, 5.74) is 6.88. The highest BCUT2D eigenvalue weighted by Gasteiger charge is 2.27.